The minimum Gasteiger partial charge on any atom is -0.492 e. The fourth-order valence-electron chi connectivity index (χ4n) is 5.50. The van der Waals surface area contributed by atoms with E-state index < -0.39 is 17.7 Å². The Morgan fingerprint density at radius 2 is 1.92 bits per heavy atom. The summed E-state index contributed by atoms with van der Waals surface area (Å²) in [5.41, 5.74) is 0.376. The van der Waals surface area contributed by atoms with Gasteiger partial charge in [-0.3, -0.25) is 15.2 Å². The largest absolute Gasteiger partial charge is 0.492 e. The molecule has 0 bridgehead atoms. The Morgan fingerprint density at radius 3 is 2.59 bits per heavy atom. The van der Waals surface area contributed by atoms with E-state index in [2.05, 4.69) is 15.2 Å². The number of nitrogens with one attached hydrogen (secondary N) is 1. The SMILES string of the molecule is CCNCOCC1CCCN1C(O)c1ccc(-c2ccc(OCC3CCN(CC(C)(C)F)CC3)cn2)cc1F. The van der Waals surface area contributed by atoms with E-state index in [0.29, 0.717) is 56.0 Å². The summed E-state index contributed by atoms with van der Waals surface area (Å²) in [6, 6.07) is 8.61. The molecule has 0 amide bonds. The van der Waals surface area contributed by atoms with E-state index in [0.717, 1.165) is 45.3 Å². The lowest BCUT2D eigenvalue weighted by Gasteiger charge is -2.34. The summed E-state index contributed by atoms with van der Waals surface area (Å²) >= 11 is 0. The number of alkyl halides is 1. The molecular weight excluding hydrogens is 502 g/mol. The number of hydrogen-bond donors (Lipinski definition) is 2. The lowest BCUT2D eigenvalue weighted by Crippen LogP contribution is -2.41. The molecule has 0 saturated carbocycles. The first-order chi connectivity index (χ1) is 18.7. The number of ether oxygens (including phenoxy) is 2. The highest BCUT2D eigenvalue weighted by molar-refractivity contribution is 5.60. The van der Waals surface area contributed by atoms with Crippen LogP contribution in [0.4, 0.5) is 8.78 Å². The molecule has 4 rings (SSSR count). The number of piperidine rings is 1. The predicted octanol–water partition coefficient (Wildman–Crippen LogP) is 4.77. The third kappa shape index (κ3) is 8.66. The first-order valence-corrected chi connectivity index (χ1v) is 14.3. The molecule has 216 valence electrons. The minimum atomic E-state index is -1.17. The first kappa shape index (κ1) is 29.8. The molecule has 0 aliphatic carbocycles. The summed E-state index contributed by atoms with van der Waals surface area (Å²) in [5.74, 6) is 0.658. The zero-order chi connectivity index (χ0) is 27.8. The van der Waals surface area contributed by atoms with Crippen LogP contribution in [0.15, 0.2) is 36.5 Å². The highest BCUT2D eigenvalue weighted by atomic mass is 19.1. The van der Waals surface area contributed by atoms with Gasteiger partial charge in [0.25, 0.3) is 0 Å². The molecule has 2 aromatic rings. The molecule has 1 aromatic carbocycles. The van der Waals surface area contributed by atoms with E-state index in [1.807, 2.05) is 24.0 Å². The summed E-state index contributed by atoms with van der Waals surface area (Å²) in [4.78, 5) is 8.58. The molecule has 39 heavy (non-hydrogen) atoms. The fraction of sp³-hybridized carbons (Fsp3) is 0.633. The van der Waals surface area contributed by atoms with Crippen molar-refractivity contribution >= 4 is 0 Å². The summed E-state index contributed by atoms with van der Waals surface area (Å²) in [7, 11) is 0. The van der Waals surface area contributed by atoms with Gasteiger partial charge in [0.1, 0.15) is 23.5 Å². The monoisotopic (exact) mass is 546 g/mol. The van der Waals surface area contributed by atoms with Gasteiger partial charge in [0, 0.05) is 30.3 Å². The molecule has 3 heterocycles. The number of likely N-dealkylation sites (tertiary alicyclic amines) is 2. The molecule has 2 saturated heterocycles. The highest BCUT2D eigenvalue weighted by Gasteiger charge is 2.32. The zero-order valence-electron chi connectivity index (χ0n) is 23.5. The molecule has 2 aliphatic heterocycles. The van der Waals surface area contributed by atoms with Crippen molar-refractivity contribution < 1.29 is 23.4 Å². The van der Waals surface area contributed by atoms with Crippen LogP contribution in [-0.4, -0.2) is 84.3 Å². The van der Waals surface area contributed by atoms with Crippen LogP contribution in [0.25, 0.3) is 11.3 Å². The maximum atomic E-state index is 15.1. The molecule has 1 aromatic heterocycles. The number of aromatic nitrogens is 1. The quantitative estimate of drug-likeness (QED) is 0.277. The number of nitrogens with zero attached hydrogens (tertiary/aromatic N) is 3. The van der Waals surface area contributed by atoms with Gasteiger partial charge in [-0.05, 0) is 83.3 Å². The maximum absolute atomic E-state index is 15.1. The third-order valence-corrected chi connectivity index (χ3v) is 7.60. The highest BCUT2D eigenvalue weighted by Crippen LogP contribution is 2.31. The normalized spacial score (nSPS) is 20.4. The second-order valence-corrected chi connectivity index (χ2v) is 11.4. The van der Waals surface area contributed by atoms with Crippen molar-refractivity contribution in [2.24, 2.45) is 5.92 Å². The van der Waals surface area contributed by atoms with Crippen molar-refractivity contribution in [2.75, 3.05) is 52.7 Å². The number of benzene rings is 1. The van der Waals surface area contributed by atoms with E-state index in [9.17, 15) is 9.50 Å². The predicted molar refractivity (Wildman–Crippen MR) is 149 cm³/mol. The Labute approximate surface area is 231 Å². The molecule has 0 radical (unpaired) electrons. The summed E-state index contributed by atoms with van der Waals surface area (Å²) in [5, 5.41) is 14.1. The van der Waals surface area contributed by atoms with E-state index in [1.165, 1.54) is 6.07 Å². The van der Waals surface area contributed by atoms with Gasteiger partial charge >= 0.3 is 0 Å². The molecule has 0 spiro atoms. The van der Waals surface area contributed by atoms with Gasteiger partial charge in [-0.25, -0.2) is 8.78 Å². The van der Waals surface area contributed by atoms with Crippen LogP contribution in [0.3, 0.4) is 0 Å². The van der Waals surface area contributed by atoms with Gasteiger partial charge in [0.2, 0.25) is 0 Å². The third-order valence-electron chi connectivity index (χ3n) is 7.60. The Bertz CT molecular complexity index is 1030. The molecule has 2 N–H and O–H groups in total. The van der Waals surface area contributed by atoms with E-state index in [4.69, 9.17) is 9.47 Å². The molecule has 2 unspecified atom stereocenters. The lowest BCUT2D eigenvalue weighted by molar-refractivity contribution is -0.0357. The standard InChI is InChI=1S/C30H44F2N4O3/c1-4-33-21-38-19-24-6-5-13-36(24)29(37)26-9-7-23(16-27(26)31)28-10-8-25(17-34-28)39-18-22-11-14-35(15-12-22)20-30(2,3)32/h7-10,16-17,22,24,29,33,37H,4-6,11-15,18-21H2,1-3H3. The van der Waals surface area contributed by atoms with Crippen LogP contribution >= 0.6 is 0 Å². The van der Waals surface area contributed by atoms with Crippen LogP contribution in [0, 0.1) is 11.7 Å². The topological polar surface area (TPSA) is 70.1 Å². The summed E-state index contributed by atoms with van der Waals surface area (Å²) in [6.45, 7) is 10.6. The minimum absolute atomic E-state index is 0.0572. The Morgan fingerprint density at radius 1 is 1.13 bits per heavy atom. The van der Waals surface area contributed by atoms with Crippen LogP contribution in [0.1, 0.15) is 58.2 Å². The van der Waals surface area contributed by atoms with Gasteiger partial charge in [-0.15, -0.1) is 0 Å². The van der Waals surface area contributed by atoms with Gasteiger partial charge in [0.15, 0.2) is 0 Å². The number of rotatable bonds is 13. The summed E-state index contributed by atoms with van der Waals surface area (Å²) < 4.78 is 40.7. The van der Waals surface area contributed by atoms with Crippen molar-refractivity contribution in [3.05, 3.63) is 47.9 Å². The maximum Gasteiger partial charge on any atom is 0.137 e. The van der Waals surface area contributed by atoms with Crippen molar-refractivity contribution in [1.82, 2.24) is 20.1 Å². The van der Waals surface area contributed by atoms with Crippen LogP contribution < -0.4 is 10.1 Å². The van der Waals surface area contributed by atoms with E-state index in [-0.39, 0.29) is 11.6 Å². The number of hydrogen-bond acceptors (Lipinski definition) is 7. The average molecular weight is 547 g/mol. The second-order valence-electron chi connectivity index (χ2n) is 11.4. The first-order valence-electron chi connectivity index (χ1n) is 14.3. The number of halogens is 2. The van der Waals surface area contributed by atoms with Gasteiger partial charge in [0.05, 0.1) is 31.8 Å². The Hall–Kier alpha value is -2.17. The fourth-order valence-corrected chi connectivity index (χ4v) is 5.50. The van der Waals surface area contributed by atoms with Gasteiger partial charge in [-0.2, -0.15) is 0 Å². The molecule has 7 nitrogen and oxygen atoms in total. The molecular formula is C30H44F2N4O3. The van der Waals surface area contributed by atoms with Crippen molar-refractivity contribution in [2.45, 2.75) is 64.4 Å². The molecule has 2 fully saturated rings. The molecule has 2 aliphatic rings. The van der Waals surface area contributed by atoms with Gasteiger partial charge in [-0.1, -0.05) is 19.1 Å². The van der Waals surface area contributed by atoms with E-state index in [1.54, 1.807) is 32.2 Å². The molecule has 2 atom stereocenters. The molecule has 9 heteroatoms. The van der Waals surface area contributed by atoms with Crippen molar-refractivity contribution in [3.8, 4) is 17.0 Å². The smallest absolute Gasteiger partial charge is 0.137 e. The average Bonchev–Trinajstić information content (AvgIpc) is 3.38. The van der Waals surface area contributed by atoms with Crippen LogP contribution in [0.2, 0.25) is 0 Å². The van der Waals surface area contributed by atoms with Crippen LogP contribution in [0.5, 0.6) is 5.75 Å². The Balaban J connectivity index is 1.28. The van der Waals surface area contributed by atoms with Gasteiger partial charge < -0.3 is 19.5 Å². The Kier molecular flexibility index (Phi) is 10.7. The number of pyridine rings is 1. The summed E-state index contributed by atoms with van der Waals surface area (Å²) in [6.07, 6.45) is 4.48. The van der Waals surface area contributed by atoms with E-state index >= 15 is 4.39 Å². The lowest BCUT2D eigenvalue weighted by atomic mass is 9.97. The zero-order valence-corrected chi connectivity index (χ0v) is 23.5. The number of aliphatic hydroxyl groups is 1. The van der Waals surface area contributed by atoms with Crippen molar-refractivity contribution in [3.63, 3.8) is 0 Å². The number of aliphatic hydroxyl groups excluding tert-OH is 1. The second kappa shape index (κ2) is 13.9. The van der Waals surface area contributed by atoms with Crippen LogP contribution in [-0.2, 0) is 4.74 Å². The van der Waals surface area contributed by atoms with Crippen molar-refractivity contribution in [1.29, 1.82) is 0 Å².